The van der Waals surface area contributed by atoms with Crippen LogP contribution < -0.4 is 0 Å². The Morgan fingerprint density at radius 2 is 1.92 bits per heavy atom. The fraction of sp³-hybridized carbons (Fsp3) is 1.00. The quantitative estimate of drug-likeness (QED) is 0.381. The van der Waals surface area contributed by atoms with Crippen molar-refractivity contribution in [1.29, 1.82) is 0 Å². The molecule has 1 aliphatic rings. The minimum atomic E-state index is -4.64. The Bertz CT molecular complexity index is 140. The second-order valence-electron chi connectivity index (χ2n) is 2.38. The van der Waals surface area contributed by atoms with E-state index in [1.165, 1.54) is 0 Å². The summed E-state index contributed by atoms with van der Waals surface area (Å²) in [5.74, 6) is 0. The van der Waals surface area contributed by atoms with Crippen molar-refractivity contribution in [2.45, 2.75) is 25.9 Å². The van der Waals surface area contributed by atoms with E-state index in [2.05, 4.69) is 4.89 Å². The molecule has 1 unspecified atom stereocenters. The van der Waals surface area contributed by atoms with Gasteiger partial charge in [0.25, 0.3) is 0 Å². The fourth-order valence-corrected chi connectivity index (χ4v) is 0.642. The molecule has 0 saturated carbocycles. The molecular formula is C5H13O6P. The molecule has 1 fully saturated rings. The van der Waals surface area contributed by atoms with E-state index in [0.717, 1.165) is 19.4 Å². The van der Waals surface area contributed by atoms with Gasteiger partial charge in [0, 0.05) is 0 Å². The first kappa shape index (κ1) is 12.0. The third-order valence-electron chi connectivity index (χ3n) is 1.07. The average molecular weight is 200 g/mol. The van der Waals surface area contributed by atoms with Crippen molar-refractivity contribution >= 4 is 7.82 Å². The van der Waals surface area contributed by atoms with Gasteiger partial charge in [-0.1, -0.05) is 0 Å². The Labute approximate surface area is 70.3 Å². The lowest BCUT2D eigenvalue weighted by Crippen LogP contribution is -2.15. The summed E-state index contributed by atoms with van der Waals surface area (Å²) >= 11 is 0. The summed E-state index contributed by atoms with van der Waals surface area (Å²) in [6.45, 7) is 2.78. The second-order valence-corrected chi connectivity index (χ2v) is 3.41. The lowest BCUT2D eigenvalue weighted by molar-refractivity contribution is -0.340. The van der Waals surface area contributed by atoms with Gasteiger partial charge in [-0.15, -0.1) is 0 Å². The van der Waals surface area contributed by atoms with Gasteiger partial charge in [-0.2, -0.15) is 0 Å². The zero-order valence-electron chi connectivity index (χ0n) is 6.71. The lowest BCUT2D eigenvalue weighted by Gasteiger charge is -2.16. The van der Waals surface area contributed by atoms with Crippen molar-refractivity contribution in [1.82, 2.24) is 0 Å². The lowest BCUT2D eigenvalue weighted by atomic mass is 10.2. The molecule has 0 aromatic rings. The molecule has 12 heavy (non-hydrogen) atoms. The standard InChI is InChI=1S/C5H10O2.H3O4P/c1-5-3-2-4-6-7-5;1-5(2,3)4/h5H,2-4H2,1H3;(H3,1,2,3,4). The second kappa shape index (κ2) is 5.64. The van der Waals surface area contributed by atoms with Crippen LogP contribution in [0.3, 0.4) is 0 Å². The van der Waals surface area contributed by atoms with Gasteiger partial charge in [-0.05, 0) is 19.8 Å². The van der Waals surface area contributed by atoms with Crippen LogP contribution in [-0.2, 0) is 14.3 Å². The Kier molecular flexibility index (Phi) is 5.65. The predicted octanol–water partition coefficient (Wildman–Crippen LogP) is 0.188. The van der Waals surface area contributed by atoms with Gasteiger partial charge >= 0.3 is 7.82 Å². The summed E-state index contributed by atoms with van der Waals surface area (Å²) in [7, 11) is -4.64. The molecule has 3 N–H and O–H groups in total. The number of phosphoric acid groups is 1. The zero-order chi connectivity index (χ0) is 9.61. The molecular weight excluding hydrogens is 187 g/mol. The van der Waals surface area contributed by atoms with Gasteiger partial charge in [0.15, 0.2) is 0 Å². The van der Waals surface area contributed by atoms with E-state index in [1.54, 1.807) is 0 Å². The third-order valence-corrected chi connectivity index (χ3v) is 1.07. The molecule has 0 aromatic heterocycles. The van der Waals surface area contributed by atoms with Gasteiger partial charge in [-0.3, -0.25) is 0 Å². The third kappa shape index (κ3) is 12.7. The number of hydrogen-bond donors (Lipinski definition) is 3. The van der Waals surface area contributed by atoms with Crippen molar-refractivity contribution in [3.05, 3.63) is 0 Å². The molecule has 7 heteroatoms. The van der Waals surface area contributed by atoms with Crippen LogP contribution in [-0.4, -0.2) is 27.4 Å². The van der Waals surface area contributed by atoms with Crippen LogP contribution in [0, 0.1) is 0 Å². The highest BCUT2D eigenvalue weighted by atomic mass is 31.2. The van der Waals surface area contributed by atoms with Crippen molar-refractivity contribution in [3.8, 4) is 0 Å². The summed E-state index contributed by atoms with van der Waals surface area (Å²) in [4.78, 5) is 31.0. The van der Waals surface area contributed by atoms with E-state index in [4.69, 9.17) is 24.1 Å². The van der Waals surface area contributed by atoms with Crippen molar-refractivity contribution in [3.63, 3.8) is 0 Å². The Balaban J connectivity index is 0.000000217. The van der Waals surface area contributed by atoms with Crippen LogP contribution in [0.1, 0.15) is 19.8 Å². The molecule has 1 heterocycles. The summed E-state index contributed by atoms with van der Waals surface area (Å²) < 4.78 is 8.88. The summed E-state index contributed by atoms with van der Waals surface area (Å²) in [5.41, 5.74) is 0. The molecule has 0 aromatic carbocycles. The van der Waals surface area contributed by atoms with Crippen molar-refractivity contribution in [2.24, 2.45) is 0 Å². The summed E-state index contributed by atoms with van der Waals surface area (Å²) in [6.07, 6.45) is 2.59. The van der Waals surface area contributed by atoms with Crippen molar-refractivity contribution in [2.75, 3.05) is 6.61 Å². The first-order valence-corrected chi connectivity index (χ1v) is 5.02. The highest BCUT2D eigenvalue weighted by molar-refractivity contribution is 7.45. The fourth-order valence-electron chi connectivity index (χ4n) is 0.642. The first-order chi connectivity index (χ1) is 5.39. The predicted molar refractivity (Wildman–Crippen MR) is 40.0 cm³/mol. The molecule has 0 amide bonds. The highest BCUT2D eigenvalue weighted by Gasteiger charge is 2.07. The minimum absolute atomic E-state index is 0.314. The molecule has 1 rings (SSSR count). The van der Waals surface area contributed by atoms with Crippen LogP contribution in [0.2, 0.25) is 0 Å². The Hall–Kier alpha value is 0.0300. The Morgan fingerprint density at radius 3 is 2.08 bits per heavy atom. The molecule has 74 valence electrons. The van der Waals surface area contributed by atoms with E-state index >= 15 is 0 Å². The first-order valence-electron chi connectivity index (χ1n) is 3.46. The normalized spacial score (nSPS) is 24.2. The topological polar surface area (TPSA) is 96.2 Å². The van der Waals surface area contributed by atoms with Gasteiger partial charge < -0.3 is 14.7 Å². The largest absolute Gasteiger partial charge is 0.466 e. The molecule has 6 nitrogen and oxygen atoms in total. The number of hydrogen-bond acceptors (Lipinski definition) is 3. The summed E-state index contributed by atoms with van der Waals surface area (Å²) in [6, 6.07) is 0. The number of rotatable bonds is 0. The van der Waals surface area contributed by atoms with Crippen molar-refractivity contribution < 1.29 is 29.0 Å². The Morgan fingerprint density at radius 1 is 1.42 bits per heavy atom. The van der Waals surface area contributed by atoms with Gasteiger partial charge in [0.1, 0.15) is 0 Å². The molecule has 1 aliphatic heterocycles. The van der Waals surface area contributed by atoms with Gasteiger partial charge in [0.2, 0.25) is 0 Å². The monoisotopic (exact) mass is 200 g/mol. The molecule has 1 atom stereocenters. The molecule has 0 aliphatic carbocycles. The van der Waals surface area contributed by atoms with Crippen LogP contribution >= 0.6 is 7.82 Å². The van der Waals surface area contributed by atoms with Crippen LogP contribution in [0.15, 0.2) is 0 Å². The molecule has 0 spiro atoms. The average Bonchev–Trinajstić information content (AvgIpc) is 1.85. The molecule has 0 bridgehead atoms. The van der Waals surface area contributed by atoms with Gasteiger partial charge in [0.05, 0.1) is 12.7 Å². The molecule has 0 radical (unpaired) electrons. The van der Waals surface area contributed by atoms with E-state index < -0.39 is 7.82 Å². The van der Waals surface area contributed by atoms with E-state index in [0.29, 0.717) is 6.10 Å². The minimum Gasteiger partial charge on any atom is -0.303 e. The highest BCUT2D eigenvalue weighted by Crippen LogP contribution is 2.25. The van der Waals surface area contributed by atoms with Crippen LogP contribution in [0.25, 0.3) is 0 Å². The SMILES string of the molecule is CC1CCCOO1.O=P(O)(O)O. The van der Waals surface area contributed by atoms with Gasteiger partial charge in [-0.25, -0.2) is 14.3 Å². The van der Waals surface area contributed by atoms with Crippen LogP contribution in [0.4, 0.5) is 0 Å². The maximum Gasteiger partial charge on any atom is 0.466 e. The van der Waals surface area contributed by atoms with E-state index in [9.17, 15) is 0 Å². The maximum atomic E-state index is 8.88. The summed E-state index contributed by atoms with van der Waals surface area (Å²) in [5, 5.41) is 0. The molecule has 1 saturated heterocycles. The zero-order valence-corrected chi connectivity index (χ0v) is 7.61. The maximum absolute atomic E-state index is 8.88. The van der Waals surface area contributed by atoms with E-state index in [1.807, 2.05) is 6.92 Å². The van der Waals surface area contributed by atoms with Crippen LogP contribution in [0.5, 0.6) is 0 Å². The van der Waals surface area contributed by atoms with E-state index in [-0.39, 0.29) is 0 Å². The smallest absolute Gasteiger partial charge is 0.303 e.